The first-order valence-corrected chi connectivity index (χ1v) is 5.56. The number of benzene rings is 1. The zero-order valence-electron chi connectivity index (χ0n) is 10.0. The third-order valence-electron chi connectivity index (χ3n) is 2.83. The van der Waals surface area contributed by atoms with Crippen molar-refractivity contribution in [1.82, 2.24) is 10.1 Å². The van der Waals surface area contributed by atoms with Gasteiger partial charge in [0.15, 0.2) is 0 Å². The summed E-state index contributed by atoms with van der Waals surface area (Å²) in [5.41, 5.74) is 0.837. The van der Waals surface area contributed by atoms with Gasteiger partial charge in [0, 0.05) is 10.9 Å². The van der Waals surface area contributed by atoms with Crippen molar-refractivity contribution >= 4 is 16.7 Å². The van der Waals surface area contributed by atoms with Crippen molar-refractivity contribution in [3.8, 4) is 11.8 Å². The fourth-order valence-corrected chi connectivity index (χ4v) is 1.94. The first-order valence-electron chi connectivity index (χ1n) is 5.56. The van der Waals surface area contributed by atoms with Gasteiger partial charge in [-0.3, -0.25) is 4.79 Å². The number of ether oxygens (including phenoxy) is 1. The predicted octanol–water partition coefficient (Wildman–Crippen LogP) is 2.10. The second kappa shape index (κ2) is 4.16. The molecule has 0 fully saturated rings. The number of aromatic nitrogens is 2. The number of nitrogens with zero attached hydrogens (tertiary/aromatic N) is 1. The Labute approximate surface area is 107 Å². The van der Waals surface area contributed by atoms with Crippen molar-refractivity contribution in [2.24, 2.45) is 0 Å². The van der Waals surface area contributed by atoms with E-state index in [0.29, 0.717) is 10.9 Å². The van der Waals surface area contributed by atoms with Gasteiger partial charge in [0.05, 0.1) is 18.7 Å². The number of aromatic hydroxyl groups is 1. The molecule has 0 bridgehead atoms. The number of rotatable bonds is 3. The van der Waals surface area contributed by atoms with Crippen LogP contribution in [0.2, 0.25) is 0 Å². The molecule has 1 aromatic carbocycles. The van der Waals surface area contributed by atoms with Crippen LogP contribution in [-0.2, 0) is 0 Å². The van der Waals surface area contributed by atoms with Crippen LogP contribution in [0.4, 0.5) is 0 Å². The first-order chi connectivity index (χ1) is 9.20. The van der Waals surface area contributed by atoms with Gasteiger partial charge in [-0.05, 0) is 11.2 Å². The van der Waals surface area contributed by atoms with E-state index in [1.165, 1.54) is 13.2 Å². The van der Waals surface area contributed by atoms with Crippen LogP contribution < -0.4 is 4.74 Å². The monoisotopic (exact) mass is 258 g/mol. The average molecular weight is 258 g/mol. The third-order valence-corrected chi connectivity index (χ3v) is 2.83. The molecule has 0 saturated carbocycles. The van der Waals surface area contributed by atoms with Crippen molar-refractivity contribution in [2.75, 3.05) is 7.11 Å². The number of carbonyl (C=O) groups excluding carboxylic acids is 1. The maximum atomic E-state index is 12.3. The number of hydrogen-bond donors (Lipinski definition) is 2. The number of fused-ring (bicyclic) bond motifs is 1. The van der Waals surface area contributed by atoms with Crippen LogP contribution >= 0.6 is 0 Å². The van der Waals surface area contributed by atoms with Crippen LogP contribution in [0.25, 0.3) is 10.9 Å². The Balaban J connectivity index is 2.13. The van der Waals surface area contributed by atoms with Gasteiger partial charge < -0.3 is 19.4 Å². The van der Waals surface area contributed by atoms with Crippen LogP contribution in [0.15, 0.2) is 34.9 Å². The molecule has 0 aliphatic carbocycles. The molecule has 6 heteroatoms. The van der Waals surface area contributed by atoms with E-state index >= 15 is 0 Å². The number of aromatic amines is 1. The van der Waals surface area contributed by atoms with Gasteiger partial charge in [0.1, 0.15) is 0 Å². The molecule has 0 amide bonds. The molecule has 0 unspecified atom stereocenters. The van der Waals surface area contributed by atoms with E-state index in [4.69, 9.17) is 9.26 Å². The third kappa shape index (κ3) is 1.74. The van der Waals surface area contributed by atoms with Crippen LogP contribution in [0.1, 0.15) is 16.1 Å². The molecule has 96 valence electrons. The van der Waals surface area contributed by atoms with Gasteiger partial charge in [-0.2, -0.15) is 0 Å². The van der Waals surface area contributed by atoms with Gasteiger partial charge in [-0.1, -0.05) is 18.2 Å². The maximum Gasteiger partial charge on any atom is 0.254 e. The molecule has 3 rings (SSSR count). The maximum absolute atomic E-state index is 12.3. The van der Waals surface area contributed by atoms with Gasteiger partial charge in [-0.25, -0.2) is 0 Å². The normalized spacial score (nSPS) is 10.8. The van der Waals surface area contributed by atoms with Crippen molar-refractivity contribution in [3.05, 3.63) is 41.7 Å². The van der Waals surface area contributed by atoms with Crippen molar-refractivity contribution < 1.29 is 19.2 Å². The van der Waals surface area contributed by atoms with E-state index in [1.54, 1.807) is 18.2 Å². The highest BCUT2D eigenvalue weighted by atomic mass is 16.5. The lowest BCUT2D eigenvalue weighted by Crippen LogP contribution is -1.98. The Hall–Kier alpha value is -2.76. The summed E-state index contributed by atoms with van der Waals surface area (Å²) in [6.45, 7) is 0. The minimum absolute atomic E-state index is 0.0110. The summed E-state index contributed by atoms with van der Waals surface area (Å²) in [7, 11) is 1.43. The predicted molar refractivity (Wildman–Crippen MR) is 66.5 cm³/mol. The minimum Gasteiger partial charge on any atom is -0.494 e. The van der Waals surface area contributed by atoms with E-state index in [1.807, 2.05) is 6.07 Å². The Morgan fingerprint density at radius 1 is 1.42 bits per heavy atom. The summed E-state index contributed by atoms with van der Waals surface area (Å²) in [6.07, 6.45) is 0. The molecular weight excluding hydrogens is 248 g/mol. The molecule has 19 heavy (non-hydrogen) atoms. The van der Waals surface area contributed by atoms with Crippen LogP contribution in [0.3, 0.4) is 0 Å². The number of ketones is 1. The zero-order valence-corrected chi connectivity index (χ0v) is 10.0. The van der Waals surface area contributed by atoms with E-state index in [0.717, 1.165) is 0 Å². The van der Waals surface area contributed by atoms with Crippen molar-refractivity contribution in [3.63, 3.8) is 0 Å². The van der Waals surface area contributed by atoms with E-state index in [9.17, 15) is 9.90 Å². The van der Waals surface area contributed by atoms with E-state index in [2.05, 4.69) is 10.1 Å². The number of carbonyl (C=O) groups is 1. The quantitative estimate of drug-likeness (QED) is 0.702. The lowest BCUT2D eigenvalue weighted by atomic mass is 10.1. The highest BCUT2D eigenvalue weighted by Gasteiger charge is 2.23. The number of H-pyrrole nitrogens is 1. The molecule has 3 aromatic rings. The molecule has 0 spiro atoms. The molecule has 6 nitrogen and oxygen atoms in total. The molecule has 2 aromatic heterocycles. The van der Waals surface area contributed by atoms with E-state index < -0.39 is 5.78 Å². The summed E-state index contributed by atoms with van der Waals surface area (Å²) < 4.78 is 9.75. The standard InChI is InChI=1S/C13H10N2O4/c1-18-10-6-9(19-15-10)12(16)11-7-4-2-3-5-8(7)14-13(11)17/h2-6,14,17H,1H3. The summed E-state index contributed by atoms with van der Waals surface area (Å²) in [6, 6.07) is 8.49. The largest absolute Gasteiger partial charge is 0.494 e. The summed E-state index contributed by atoms with van der Waals surface area (Å²) in [4.78, 5) is 15.0. The van der Waals surface area contributed by atoms with Crippen molar-refractivity contribution in [1.29, 1.82) is 0 Å². The Kier molecular flexibility index (Phi) is 2.49. The fraction of sp³-hybridized carbons (Fsp3) is 0.0769. The average Bonchev–Trinajstić information content (AvgIpc) is 3.01. The number of nitrogens with one attached hydrogen (secondary N) is 1. The van der Waals surface area contributed by atoms with Crippen LogP contribution in [-0.4, -0.2) is 28.1 Å². The molecule has 0 radical (unpaired) electrons. The molecule has 0 aliphatic heterocycles. The second-order valence-corrected chi connectivity index (χ2v) is 3.96. The van der Waals surface area contributed by atoms with Crippen LogP contribution in [0, 0.1) is 0 Å². The molecule has 0 aliphatic rings. The summed E-state index contributed by atoms with van der Waals surface area (Å²) in [5, 5.41) is 14.1. The van der Waals surface area contributed by atoms with Gasteiger partial charge in [0.25, 0.3) is 5.88 Å². The number of hydrogen-bond acceptors (Lipinski definition) is 5. The Morgan fingerprint density at radius 3 is 2.95 bits per heavy atom. The molecule has 2 N–H and O–H groups in total. The second-order valence-electron chi connectivity index (χ2n) is 3.96. The summed E-state index contributed by atoms with van der Waals surface area (Å²) in [5.74, 6) is -0.424. The van der Waals surface area contributed by atoms with Gasteiger partial charge in [0.2, 0.25) is 17.4 Å². The van der Waals surface area contributed by atoms with E-state index in [-0.39, 0.29) is 23.1 Å². The molecular formula is C13H10N2O4. The molecule has 0 atom stereocenters. The minimum atomic E-state index is -0.453. The van der Waals surface area contributed by atoms with Crippen molar-refractivity contribution in [2.45, 2.75) is 0 Å². The lowest BCUT2D eigenvalue weighted by molar-refractivity contribution is 0.0999. The number of methoxy groups -OCH3 is 1. The topological polar surface area (TPSA) is 88.4 Å². The Bertz CT molecular complexity index is 757. The fourth-order valence-electron chi connectivity index (χ4n) is 1.94. The zero-order chi connectivity index (χ0) is 13.4. The van der Waals surface area contributed by atoms with Gasteiger partial charge in [-0.15, -0.1) is 0 Å². The Morgan fingerprint density at radius 2 is 2.21 bits per heavy atom. The molecule has 2 heterocycles. The number of para-hydroxylation sites is 1. The highest BCUT2D eigenvalue weighted by Crippen LogP contribution is 2.29. The lowest BCUT2D eigenvalue weighted by Gasteiger charge is -1.95. The van der Waals surface area contributed by atoms with Crippen LogP contribution in [0.5, 0.6) is 11.8 Å². The highest BCUT2D eigenvalue weighted by molar-refractivity contribution is 6.17. The summed E-state index contributed by atoms with van der Waals surface area (Å²) >= 11 is 0. The molecule has 0 saturated heterocycles. The first kappa shape index (κ1) is 11.3. The van der Waals surface area contributed by atoms with Gasteiger partial charge >= 0.3 is 0 Å². The smallest absolute Gasteiger partial charge is 0.254 e. The SMILES string of the molecule is COc1cc(C(=O)c2c(O)[nH]c3ccccc23)on1.